The molecule has 1 aliphatic heterocycles. The van der Waals surface area contributed by atoms with E-state index < -0.39 is 0 Å². The van der Waals surface area contributed by atoms with Crippen LogP contribution in [0.2, 0.25) is 5.02 Å². The third-order valence-electron chi connectivity index (χ3n) is 5.30. The summed E-state index contributed by atoms with van der Waals surface area (Å²) in [5.41, 5.74) is 1.56. The second-order valence-corrected chi connectivity index (χ2v) is 8.10. The van der Waals surface area contributed by atoms with Crippen molar-refractivity contribution in [1.82, 2.24) is 9.88 Å². The predicted octanol–water partition coefficient (Wildman–Crippen LogP) is 5.26. The average molecular weight is 361 g/mol. The van der Waals surface area contributed by atoms with E-state index in [0.717, 1.165) is 30.0 Å². The summed E-state index contributed by atoms with van der Waals surface area (Å²) in [7, 11) is 0. The molecule has 0 bridgehead atoms. The first-order valence-corrected chi connectivity index (χ1v) is 10.0. The van der Waals surface area contributed by atoms with Gasteiger partial charge in [0.25, 0.3) is 5.91 Å². The molecule has 2 unspecified atom stereocenters. The van der Waals surface area contributed by atoms with E-state index in [4.69, 9.17) is 11.6 Å². The normalized spacial score (nSPS) is 23.8. The van der Waals surface area contributed by atoms with Crippen molar-refractivity contribution in [3.63, 3.8) is 0 Å². The maximum absolute atomic E-state index is 13.0. The maximum Gasteiger partial charge on any atom is 0.273 e. The summed E-state index contributed by atoms with van der Waals surface area (Å²) in [6.45, 7) is 0.879. The molecule has 1 saturated heterocycles. The number of hydrogen-bond donors (Lipinski definition) is 0. The molecule has 2 aromatic rings. The fourth-order valence-electron chi connectivity index (χ4n) is 4.15. The lowest BCUT2D eigenvalue weighted by atomic mass is 9.78. The fraction of sp³-hybridized carbons (Fsp3) is 0.474. The molecule has 2 atom stereocenters. The summed E-state index contributed by atoms with van der Waals surface area (Å²) < 4.78 is 0. The Bertz CT molecular complexity index is 742. The second-order valence-electron chi connectivity index (χ2n) is 6.80. The molecule has 4 rings (SSSR count). The number of thiazole rings is 1. The van der Waals surface area contributed by atoms with Gasteiger partial charge in [0.2, 0.25) is 0 Å². The summed E-state index contributed by atoms with van der Waals surface area (Å²) >= 11 is 7.58. The van der Waals surface area contributed by atoms with Crippen molar-refractivity contribution in [2.24, 2.45) is 5.92 Å². The van der Waals surface area contributed by atoms with Crippen LogP contribution in [0.3, 0.4) is 0 Å². The Kier molecular flexibility index (Phi) is 4.59. The minimum absolute atomic E-state index is 0.108. The van der Waals surface area contributed by atoms with Crippen LogP contribution in [0.5, 0.6) is 0 Å². The molecule has 3 nitrogen and oxygen atoms in total. The Morgan fingerprint density at radius 2 is 2.04 bits per heavy atom. The number of nitrogens with zero attached hydrogens (tertiary/aromatic N) is 2. The minimum atomic E-state index is 0.108. The van der Waals surface area contributed by atoms with E-state index in [0.29, 0.717) is 22.7 Å². The Labute approximate surface area is 151 Å². The Morgan fingerprint density at radius 1 is 1.21 bits per heavy atom. The Balaban J connectivity index is 1.56. The van der Waals surface area contributed by atoms with Crippen LogP contribution in [0.4, 0.5) is 0 Å². The van der Waals surface area contributed by atoms with E-state index in [1.54, 1.807) is 0 Å². The molecular formula is C19H21ClN2OS. The molecule has 1 amide bonds. The first kappa shape index (κ1) is 16.1. The van der Waals surface area contributed by atoms with Crippen LogP contribution in [-0.2, 0) is 0 Å². The molecule has 2 fully saturated rings. The Morgan fingerprint density at radius 3 is 2.92 bits per heavy atom. The fourth-order valence-corrected chi connectivity index (χ4v) is 5.13. The number of amides is 1. The van der Waals surface area contributed by atoms with E-state index in [1.165, 1.54) is 37.0 Å². The van der Waals surface area contributed by atoms with Gasteiger partial charge in [-0.1, -0.05) is 36.6 Å². The number of piperidine rings is 1. The average Bonchev–Trinajstić information content (AvgIpc) is 3.11. The van der Waals surface area contributed by atoms with Gasteiger partial charge in [-0.05, 0) is 43.7 Å². The van der Waals surface area contributed by atoms with Crippen LogP contribution in [0.15, 0.2) is 29.6 Å². The number of benzene rings is 1. The number of hydrogen-bond acceptors (Lipinski definition) is 3. The van der Waals surface area contributed by atoms with Gasteiger partial charge in [-0.25, -0.2) is 4.98 Å². The SMILES string of the molecule is O=C(c1csc(-c2cccc(Cl)c2)n1)N1CCCC2CCCCC21. The van der Waals surface area contributed by atoms with Crippen molar-refractivity contribution < 1.29 is 4.79 Å². The highest BCUT2D eigenvalue weighted by Gasteiger charge is 2.36. The van der Waals surface area contributed by atoms with Crippen molar-refractivity contribution in [1.29, 1.82) is 0 Å². The molecule has 1 aromatic heterocycles. The lowest BCUT2D eigenvalue weighted by molar-refractivity contribution is 0.0386. The number of fused-ring (bicyclic) bond motifs is 1. The molecule has 2 aliphatic rings. The zero-order valence-corrected chi connectivity index (χ0v) is 15.2. The van der Waals surface area contributed by atoms with Gasteiger partial charge in [-0.15, -0.1) is 11.3 Å². The highest BCUT2D eigenvalue weighted by molar-refractivity contribution is 7.13. The lowest BCUT2D eigenvalue weighted by Crippen LogP contribution is -2.49. The van der Waals surface area contributed by atoms with Crippen LogP contribution in [0.1, 0.15) is 49.0 Å². The Hall–Kier alpha value is -1.39. The quantitative estimate of drug-likeness (QED) is 0.732. The van der Waals surface area contributed by atoms with E-state index in [1.807, 2.05) is 29.6 Å². The molecule has 0 N–H and O–H groups in total. The number of carbonyl (C=O) groups excluding carboxylic acids is 1. The number of likely N-dealkylation sites (tertiary alicyclic amines) is 1. The molecule has 1 aliphatic carbocycles. The molecule has 0 radical (unpaired) electrons. The number of rotatable bonds is 2. The molecule has 24 heavy (non-hydrogen) atoms. The number of aromatic nitrogens is 1. The summed E-state index contributed by atoms with van der Waals surface area (Å²) in [5.74, 6) is 0.804. The lowest BCUT2D eigenvalue weighted by Gasteiger charge is -2.43. The highest BCUT2D eigenvalue weighted by atomic mass is 35.5. The minimum Gasteiger partial charge on any atom is -0.334 e. The van der Waals surface area contributed by atoms with Gasteiger partial charge < -0.3 is 4.90 Å². The summed E-state index contributed by atoms with van der Waals surface area (Å²) in [6.07, 6.45) is 7.40. The van der Waals surface area contributed by atoms with Crippen molar-refractivity contribution in [2.45, 2.75) is 44.6 Å². The highest BCUT2D eigenvalue weighted by Crippen LogP contribution is 2.36. The first-order chi connectivity index (χ1) is 11.7. The number of carbonyl (C=O) groups is 1. The van der Waals surface area contributed by atoms with E-state index in [9.17, 15) is 4.79 Å². The molecule has 1 saturated carbocycles. The smallest absolute Gasteiger partial charge is 0.273 e. The standard InChI is InChI=1S/C19H21ClN2OS/c20-15-8-3-6-14(11-15)18-21-16(12-24-18)19(23)22-10-4-7-13-5-1-2-9-17(13)22/h3,6,8,11-13,17H,1-2,4-5,7,9-10H2. The molecule has 2 heterocycles. The van der Waals surface area contributed by atoms with E-state index >= 15 is 0 Å². The van der Waals surface area contributed by atoms with Crippen molar-refractivity contribution >= 4 is 28.8 Å². The van der Waals surface area contributed by atoms with Gasteiger partial charge >= 0.3 is 0 Å². The zero-order chi connectivity index (χ0) is 16.5. The van der Waals surface area contributed by atoms with Gasteiger partial charge in [0, 0.05) is 28.6 Å². The first-order valence-electron chi connectivity index (χ1n) is 8.75. The molecule has 1 aromatic carbocycles. The third kappa shape index (κ3) is 3.09. The summed E-state index contributed by atoms with van der Waals surface area (Å²) in [4.78, 5) is 19.7. The third-order valence-corrected chi connectivity index (χ3v) is 6.43. The van der Waals surface area contributed by atoms with Gasteiger partial charge in [0.1, 0.15) is 10.7 Å². The van der Waals surface area contributed by atoms with Crippen LogP contribution in [-0.4, -0.2) is 28.4 Å². The largest absolute Gasteiger partial charge is 0.334 e. The molecule has 126 valence electrons. The van der Waals surface area contributed by atoms with Crippen LogP contribution in [0.25, 0.3) is 10.6 Å². The monoisotopic (exact) mass is 360 g/mol. The van der Waals surface area contributed by atoms with Gasteiger partial charge in [0.05, 0.1) is 0 Å². The van der Waals surface area contributed by atoms with Crippen molar-refractivity contribution in [3.8, 4) is 10.6 Å². The summed E-state index contributed by atoms with van der Waals surface area (Å²) in [5, 5.41) is 3.44. The topological polar surface area (TPSA) is 33.2 Å². The van der Waals surface area contributed by atoms with Crippen molar-refractivity contribution in [3.05, 3.63) is 40.4 Å². The molecule has 5 heteroatoms. The molecule has 0 spiro atoms. The van der Waals surface area contributed by atoms with Crippen molar-refractivity contribution in [2.75, 3.05) is 6.54 Å². The van der Waals surface area contributed by atoms with Crippen LogP contribution >= 0.6 is 22.9 Å². The summed E-state index contributed by atoms with van der Waals surface area (Å²) in [6, 6.07) is 8.07. The maximum atomic E-state index is 13.0. The van der Waals surface area contributed by atoms with Gasteiger partial charge in [-0.2, -0.15) is 0 Å². The number of halogens is 1. The van der Waals surface area contributed by atoms with E-state index in [2.05, 4.69) is 9.88 Å². The second kappa shape index (κ2) is 6.85. The van der Waals surface area contributed by atoms with Gasteiger partial charge in [0.15, 0.2) is 0 Å². The van der Waals surface area contributed by atoms with E-state index in [-0.39, 0.29) is 5.91 Å². The van der Waals surface area contributed by atoms with Crippen LogP contribution in [0, 0.1) is 5.92 Å². The van der Waals surface area contributed by atoms with Gasteiger partial charge in [-0.3, -0.25) is 4.79 Å². The van der Waals surface area contributed by atoms with Crippen LogP contribution < -0.4 is 0 Å². The predicted molar refractivity (Wildman–Crippen MR) is 98.6 cm³/mol. The zero-order valence-electron chi connectivity index (χ0n) is 13.6. The molecular weight excluding hydrogens is 340 g/mol.